The highest BCUT2D eigenvalue weighted by atomic mass is 35.5. The van der Waals surface area contributed by atoms with Gasteiger partial charge in [0.1, 0.15) is 5.82 Å². The second-order valence-electron chi connectivity index (χ2n) is 7.44. The average molecular weight is 418 g/mol. The maximum Gasteiger partial charge on any atom is 0.255 e. The second kappa shape index (κ2) is 7.89. The van der Waals surface area contributed by atoms with Crippen molar-refractivity contribution in [2.75, 3.05) is 6.54 Å². The first-order chi connectivity index (χ1) is 14.7. The van der Waals surface area contributed by atoms with Crippen molar-refractivity contribution in [2.45, 2.75) is 19.5 Å². The minimum absolute atomic E-state index is 0.0744. The zero-order valence-corrected chi connectivity index (χ0v) is 17.0. The number of nitrogens with zero attached hydrogens (tertiary/aromatic N) is 4. The molecular formula is C23H20ClN5O. The van der Waals surface area contributed by atoms with Gasteiger partial charge >= 0.3 is 0 Å². The third kappa shape index (κ3) is 3.79. The molecule has 1 N–H and O–H groups in total. The Morgan fingerprint density at radius 1 is 1.07 bits per heavy atom. The van der Waals surface area contributed by atoms with Crippen LogP contribution in [0.1, 0.15) is 16.8 Å². The first-order valence-corrected chi connectivity index (χ1v) is 10.2. The maximum atomic E-state index is 12.7. The normalized spacial score (nSPS) is 13.9. The van der Waals surface area contributed by atoms with Crippen LogP contribution in [0.25, 0.3) is 17.1 Å². The molecule has 0 radical (unpaired) electrons. The molecule has 4 aromatic rings. The molecule has 30 heavy (non-hydrogen) atoms. The lowest BCUT2D eigenvalue weighted by molar-refractivity contribution is 0.242. The van der Waals surface area contributed by atoms with Gasteiger partial charge in [0.25, 0.3) is 5.56 Å². The van der Waals surface area contributed by atoms with E-state index in [9.17, 15) is 4.79 Å². The van der Waals surface area contributed by atoms with Gasteiger partial charge in [-0.15, -0.1) is 0 Å². The molecule has 0 amide bonds. The van der Waals surface area contributed by atoms with Crippen LogP contribution in [-0.2, 0) is 19.5 Å². The fourth-order valence-corrected chi connectivity index (χ4v) is 3.91. The summed E-state index contributed by atoms with van der Waals surface area (Å²) < 4.78 is 1.87. The number of para-hydroxylation sites is 1. The summed E-state index contributed by atoms with van der Waals surface area (Å²) in [5.74, 6) is 0.591. The van der Waals surface area contributed by atoms with Gasteiger partial charge in [-0.25, -0.2) is 9.67 Å². The number of hydrogen-bond donors (Lipinski definition) is 1. The highest BCUT2D eigenvalue weighted by molar-refractivity contribution is 6.30. The van der Waals surface area contributed by atoms with Gasteiger partial charge in [0.2, 0.25) is 0 Å². The number of rotatable bonds is 4. The number of aromatic amines is 1. The molecule has 0 unspecified atom stereocenters. The van der Waals surface area contributed by atoms with Crippen LogP contribution in [0.2, 0.25) is 5.02 Å². The zero-order valence-electron chi connectivity index (χ0n) is 16.3. The van der Waals surface area contributed by atoms with E-state index in [0.29, 0.717) is 17.4 Å². The minimum Gasteiger partial charge on any atom is -0.306 e. The third-order valence-electron chi connectivity index (χ3n) is 5.33. The molecule has 0 bridgehead atoms. The first kappa shape index (κ1) is 18.8. The Bertz CT molecular complexity index is 1230. The monoisotopic (exact) mass is 417 g/mol. The summed E-state index contributed by atoms with van der Waals surface area (Å²) in [6.45, 7) is 2.17. The molecule has 0 aliphatic carbocycles. The van der Waals surface area contributed by atoms with Crippen LogP contribution in [0, 0.1) is 0 Å². The highest BCUT2D eigenvalue weighted by Gasteiger charge is 2.22. The van der Waals surface area contributed by atoms with Crippen molar-refractivity contribution < 1.29 is 0 Å². The SMILES string of the molecule is O=c1[nH]c(-c2ccc(Cl)cc2)nc2c1CN(Cc1cnn(-c3ccccc3)c1)CC2. The lowest BCUT2D eigenvalue weighted by Gasteiger charge is -2.27. The maximum absolute atomic E-state index is 12.7. The van der Waals surface area contributed by atoms with Gasteiger partial charge in [-0.1, -0.05) is 29.8 Å². The third-order valence-corrected chi connectivity index (χ3v) is 5.58. The number of nitrogens with one attached hydrogen (secondary N) is 1. The van der Waals surface area contributed by atoms with Crippen molar-refractivity contribution in [3.05, 3.63) is 99.2 Å². The van der Waals surface area contributed by atoms with Gasteiger partial charge in [0.15, 0.2) is 0 Å². The lowest BCUT2D eigenvalue weighted by Crippen LogP contribution is -2.35. The molecule has 3 heterocycles. The summed E-state index contributed by atoms with van der Waals surface area (Å²) >= 11 is 5.96. The Balaban J connectivity index is 1.34. The Hall–Kier alpha value is -3.22. The number of benzene rings is 2. The number of aromatic nitrogens is 4. The summed E-state index contributed by atoms with van der Waals surface area (Å²) in [5, 5.41) is 5.12. The van der Waals surface area contributed by atoms with Crippen LogP contribution in [0.5, 0.6) is 0 Å². The predicted molar refractivity (Wildman–Crippen MR) is 117 cm³/mol. The Morgan fingerprint density at radius 3 is 2.67 bits per heavy atom. The minimum atomic E-state index is -0.0744. The van der Waals surface area contributed by atoms with Crippen LogP contribution in [0.4, 0.5) is 0 Å². The lowest BCUT2D eigenvalue weighted by atomic mass is 10.1. The molecule has 2 aromatic heterocycles. The summed E-state index contributed by atoms with van der Waals surface area (Å²) in [7, 11) is 0. The first-order valence-electron chi connectivity index (χ1n) is 9.85. The molecule has 150 valence electrons. The number of H-pyrrole nitrogens is 1. The van der Waals surface area contributed by atoms with E-state index in [4.69, 9.17) is 16.6 Å². The molecule has 0 saturated heterocycles. The van der Waals surface area contributed by atoms with E-state index in [2.05, 4.69) is 15.0 Å². The Kier molecular flexibility index (Phi) is 4.94. The highest BCUT2D eigenvalue weighted by Crippen LogP contribution is 2.21. The van der Waals surface area contributed by atoms with E-state index in [1.54, 1.807) is 12.1 Å². The van der Waals surface area contributed by atoms with E-state index in [1.165, 1.54) is 0 Å². The van der Waals surface area contributed by atoms with Crippen LogP contribution in [-0.4, -0.2) is 31.2 Å². The molecule has 6 nitrogen and oxygen atoms in total. The Morgan fingerprint density at radius 2 is 1.87 bits per heavy atom. The average Bonchev–Trinajstić information content (AvgIpc) is 3.24. The smallest absolute Gasteiger partial charge is 0.255 e. The van der Waals surface area contributed by atoms with Gasteiger partial charge in [0.05, 0.1) is 23.1 Å². The standard InChI is InChI=1S/C23H20ClN5O/c24-18-8-6-17(7-9-18)22-26-21-10-11-28(15-20(21)23(30)27-22)13-16-12-25-29(14-16)19-4-2-1-3-5-19/h1-9,12,14H,10-11,13,15H2,(H,26,27,30). The van der Waals surface area contributed by atoms with E-state index >= 15 is 0 Å². The molecule has 2 aromatic carbocycles. The van der Waals surface area contributed by atoms with Crippen molar-refractivity contribution in [1.29, 1.82) is 0 Å². The van der Waals surface area contributed by atoms with E-state index < -0.39 is 0 Å². The Labute approximate surface area is 178 Å². The molecule has 0 spiro atoms. The quantitative estimate of drug-likeness (QED) is 0.548. The number of hydrogen-bond acceptors (Lipinski definition) is 4. The topological polar surface area (TPSA) is 66.8 Å². The van der Waals surface area contributed by atoms with Gasteiger partial charge in [-0.05, 0) is 36.4 Å². The predicted octanol–water partition coefficient (Wildman–Crippen LogP) is 3.83. The van der Waals surface area contributed by atoms with Crippen molar-refractivity contribution in [1.82, 2.24) is 24.6 Å². The van der Waals surface area contributed by atoms with E-state index in [0.717, 1.165) is 47.6 Å². The number of halogens is 1. The van der Waals surface area contributed by atoms with Crippen LogP contribution >= 0.6 is 11.6 Å². The zero-order chi connectivity index (χ0) is 20.5. The summed E-state index contributed by atoms with van der Waals surface area (Å²) in [6.07, 6.45) is 4.66. The summed E-state index contributed by atoms with van der Waals surface area (Å²) in [6, 6.07) is 17.4. The van der Waals surface area contributed by atoms with Gasteiger partial charge in [0, 0.05) is 48.4 Å². The molecule has 0 fully saturated rings. The molecule has 0 atom stereocenters. The van der Waals surface area contributed by atoms with Crippen LogP contribution in [0.3, 0.4) is 0 Å². The van der Waals surface area contributed by atoms with Crippen LogP contribution < -0.4 is 5.56 Å². The van der Waals surface area contributed by atoms with Gasteiger partial charge in [-0.2, -0.15) is 5.10 Å². The van der Waals surface area contributed by atoms with Crippen molar-refractivity contribution >= 4 is 11.6 Å². The molecular weight excluding hydrogens is 398 g/mol. The fourth-order valence-electron chi connectivity index (χ4n) is 3.78. The van der Waals surface area contributed by atoms with E-state index in [1.807, 2.05) is 59.5 Å². The molecule has 1 aliphatic rings. The second-order valence-corrected chi connectivity index (χ2v) is 7.87. The fraction of sp³-hybridized carbons (Fsp3) is 0.174. The molecule has 5 rings (SSSR count). The van der Waals surface area contributed by atoms with Crippen molar-refractivity contribution in [3.63, 3.8) is 0 Å². The molecule has 1 aliphatic heterocycles. The van der Waals surface area contributed by atoms with Crippen molar-refractivity contribution in [2.24, 2.45) is 0 Å². The molecule has 7 heteroatoms. The van der Waals surface area contributed by atoms with Gasteiger partial charge in [-0.3, -0.25) is 9.69 Å². The van der Waals surface area contributed by atoms with Gasteiger partial charge < -0.3 is 4.98 Å². The van der Waals surface area contributed by atoms with E-state index in [-0.39, 0.29) is 5.56 Å². The van der Waals surface area contributed by atoms with Crippen LogP contribution in [0.15, 0.2) is 71.8 Å². The molecule has 0 saturated carbocycles. The summed E-state index contributed by atoms with van der Waals surface area (Å²) in [4.78, 5) is 22.7. The summed E-state index contributed by atoms with van der Waals surface area (Å²) in [5.41, 5.74) is 4.55. The number of fused-ring (bicyclic) bond motifs is 1. The largest absolute Gasteiger partial charge is 0.306 e. The van der Waals surface area contributed by atoms with Crippen molar-refractivity contribution in [3.8, 4) is 17.1 Å².